The molecule has 1 fully saturated rings. The summed E-state index contributed by atoms with van der Waals surface area (Å²) in [6.07, 6.45) is 6.18. The topological polar surface area (TPSA) is 102 Å². The van der Waals surface area contributed by atoms with Crippen LogP contribution in [-0.2, 0) is 11.3 Å². The molecule has 3 aromatic rings. The number of anilines is 2. The van der Waals surface area contributed by atoms with Crippen molar-refractivity contribution in [3.63, 3.8) is 0 Å². The van der Waals surface area contributed by atoms with E-state index in [4.69, 9.17) is 14.1 Å². The lowest BCUT2D eigenvalue weighted by atomic mass is 10.0. The molecule has 9 nitrogen and oxygen atoms in total. The molecule has 1 saturated heterocycles. The summed E-state index contributed by atoms with van der Waals surface area (Å²) in [7, 11) is 1.34. The average molecular weight is 496 g/mol. The van der Waals surface area contributed by atoms with Crippen LogP contribution in [0.25, 0.3) is 11.0 Å². The number of fused-ring (bicyclic) bond motifs is 1. The van der Waals surface area contributed by atoms with Gasteiger partial charge in [0.2, 0.25) is 0 Å². The minimum atomic E-state index is -0.526. The van der Waals surface area contributed by atoms with Crippen LogP contribution in [-0.4, -0.2) is 58.6 Å². The first-order valence-electron chi connectivity index (χ1n) is 12.7. The minimum Gasteiger partial charge on any atom is -0.464 e. The molecule has 0 saturated carbocycles. The Morgan fingerprint density at radius 3 is 2.58 bits per heavy atom. The van der Waals surface area contributed by atoms with Gasteiger partial charge in [-0.3, -0.25) is 4.79 Å². The van der Waals surface area contributed by atoms with E-state index in [1.54, 1.807) is 12.1 Å². The normalized spacial score (nSPS) is 15.1. The number of carbonyl (C=O) groups is 2. The molecule has 0 unspecified atom stereocenters. The Bertz CT molecular complexity index is 1190. The second-order valence-corrected chi connectivity index (χ2v) is 10.1. The third kappa shape index (κ3) is 5.56. The summed E-state index contributed by atoms with van der Waals surface area (Å²) in [5.41, 5.74) is 2.15. The highest BCUT2D eigenvalue weighted by Gasteiger charge is 2.28. The molecule has 36 heavy (non-hydrogen) atoms. The Morgan fingerprint density at radius 2 is 1.97 bits per heavy atom. The summed E-state index contributed by atoms with van der Waals surface area (Å²) < 4.78 is 12.3. The number of amides is 1. The van der Waals surface area contributed by atoms with Gasteiger partial charge < -0.3 is 29.3 Å². The Balaban J connectivity index is 1.72. The number of rotatable bonds is 9. The first-order chi connectivity index (χ1) is 17.3. The van der Waals surface area contributed by atoms with Crippen LogP contribution in [0.15, 0.2) is 35.1 Å². The number of nitrogens with zero attached hydrogens (tertiary/aromatic N) is 3. The van der Waals surface area contributed by atoms with Gasteiger partial charge in [0.1, 0.15) is 5.65 Å². The lowest BCUT2D eigenvalue weighted by Gasteiger charge is -2.35. The van der Waals surface area contributed by atoms with Crippen molar-refractivity contribution in [2.75, 3.05) is 30.8 Å². The number of methoxy groups -OCH3 is 1. The van der Waals surface area contributed by atoms with Crippen molar-refractivity contribution < 1.29 is 18.7 Å². The zero-order valence-corrected chi connectivity index (χ0v) is 21.8. The number of esters is 1. The van der Waals surface area contributed by atoms with E-state index in [9.17, 15) is 9.59 Å². The number of likely N-dealkylation sites (tertiary alicyclic amines) is 1. The van der Waals surface area contributed by atoms with Crippen molar-refractivity contribution >= 4 is 34.3 Å². The average Bonchev–Trinajstić information content (AvgIpc) is 3.50. The first-order valence-corrected chi connectivity index (χ1v) is 12.7. The number of nitrogens with one attached hydrogen (secondary N) is 2. The van der Waals surface area contributed by atoms with Gasteiger partial charge in [-0.2, -0.15) is 0 Å². The number of furan rings is 1. The maximum absolute atomic E-state index is 13.0. The van der Waals surface area contributed by atoms with Crippen LogP contribution in [0.2, 0.25) is 0 Å². The third-order valence-electron chi connectivity index (χ3n) is 6.82. The summed E-state index contributed by atoms with van der Waals surface area (Å²) in [5, 5.41) is 7.20. The second kappa shape index (κ2) is 11.2. The summed E-state index contributed by atoms with van der Waals surface area (Å²) in [5.74, 6) is -0.380. The molecule has 0 bridgehead atoms. The molecule has 1 aliphatic rings. The van der Waals surface area contributed by atoms with Crippen molar-refractivity contribution in [1.82, 2.24) is 14.5 Å². The summed E-state index contributed by atoms with van der Waals surface area (Å²) >= 11 is 0. The predicted molar refractivity (Wildman–Crippen MR) is 141 cm³/mol. The molecule has 0 aromatic carbocycles. The summed E-state index contributed by atoms with van der Waals surface area (Å²) in [6.45, 7) is 11.4. The van der Waals surface area contributed by atoms with E-state index in [0.717, 1.165) is 38.0 Å². The lowest BCUT2D eigenvalue weighted by Crippen LogP contribution is -2.42. The highest BCUT2D eigenvalue weighted by atomic mass is 16.5. The molecular weight excluding hydrogens is 458 g/mol. The molecule has 0 aliphatic carbocycles. The quantitative estimate of drug-likeness (QED) is 0.403. The van der Waals surface area contributed by atoms with Gasteiger partial charge >= 0.3 is 5.97 Å². The van der Waals surface area contributed by atoms with Gasteiger partial charge in [-0.15, -0.1) is 0 Å². The van der Waals surface area contributed by atoms with E-state index in [2.05, 4.69) is 43.2 Å². The van der Waals surface area contributed by atoms with Gasteiger partial charge in [-0.1, -0.05) is 13.8 Å². The molecule has 4 rings (SSSR count). The van der Waals surface area contributed by atoms with Gasteiger partial charge in [0.25, 0.3) is 5.91 Å². The fraction of sp³-hybridized carbons (Fsp3) is 0.519. The fourth-order valence-electron chi connectivity index (χ4n) is 4.72. The maximum atomic E-state index is 13.0. The minimum absolute atomic E-state index is 0.160. The number of carbonyl (C=O) groups excluding carboxylic acids is 2. The molecule has 1 aliphatic heterocycles. The molecule has 9 heteroatoms. The van der Waals surface area contributed by atoms with Gasteiger partial charge in [-0.25, -0.2) is 9.78 Å². The third-order valence-corrected chi connectivity index (χ3v) is 6.82. The van der Waals surface area contributed by atoms with E-state index in [1.807, 2.05) is 16.8 Å². The van der Waals surface area contributed by atoms with Crippen LogP contribution < -0.4 is 10.6 Å². The van der Waals surface area contributed by atoms with Crippen molar-refractivity contribution in [2.24, 2.45) is 5.92 Å². The standard InChI is InChI=1S/C27H37N5O4/c1-17(2)8-13-32-24(27(34)35-5)23(30-26(33)22-7-6-14-36-22)21-15-20(16-28-25(21)32)29-19-9-11-31(12-10-19)18(3)4/h6-7,14-19,29H,8-13H2,1-5H3,(H,30,33). The zero-order chi connectivity index (χ0) is 25.8. The summed E-state index contributed by atoms with van der Waals surface area (Å²) in [6, 6.07) is 6.08. The van der Waals surface area contributed by atoms with Gasteiger partial charge in [0, 0.05) is 37.1 Å². The largest absolute Gasteiger partial charge is 0.464 e. The number of aromatic nitrogens is 2. The van der Waals surface area contributed by atoms with Crippen LogP contribution in [0.5, 0.6) is 0 Å². The van der Waals surface area contributed by atoms with Crippen molar-refractivity contribution in [3.8, 4) is 0 Å². The zero-order valence-electron chi connectivity index (χ0n) is 21.8. The lowest BCUT2D eigenvalue weighted by molar-refractivity contribution is 0.0589. The van der Waals surface area contributed by atoms with Crippen LogP contribution in [0.3, 0.4) is 0 Å². The number of ether oxygens (including phenoxy) is 1. The molecule has 1 amide bonds. The molecule has 194 valence electrons. The highest BCUT2D eigenvalue weighted by molar-refractivity contribution is 6.14. The number of hydrogen-bond acceptors (Lipinski definition) is 7. The van der Waals surface area contributed by atoms with Crippen molar-refractivity contribution in [3.05, 3.63) is 42.1 Å². The van der Waals surface area contributed by atoms with Crippen molar-refractivity contribution in [2.45, 2.75) is 65.6 Å². The predicted octanol–water partition coefficient (Wildman–Crippen LogP) is 5.00. The Kier molecular flexibility index (Phi) is 7.98. The molecule has 0 radical (unpaired) electrons. The van der Waals surface area contributed by atoms with Gasteiger partial charge in [0.15, 0.2) is 11.5 Å². The van der Waals surface area contributed by atoms with Crippen LogP contribution in [0.1, 0.15) is 68.0 Å². The number of piperidine rings is 1. The van der Waals surface area contributed by atoms with Crippen LogP contribution >= 0.6 is 0 Å². The van der Waals surface area contributed by atoms with Crippen molar-refractivity contribution in [1.29, 1.82) is 0 Å². The van der Waals surface area contributed by atoms with Gasteiger partial charge in [-0.05, 0) is 57.2 Å². The second-order valence-electron chi connectivity index (χ2n) is 10.1. The molecule has 3 aromatic heterocycles. The molecule has 0 atom stereocenters. The Morgan fingerprint density at radius 1 is 1.22 bits per heavy atom. The fourth-order valence-corrected chi connectivity index (χ4v) is 4.72. The molecule has 0 spiro atoms. The van der Waals surface area contributed by atoms with Crippen LogP contribution in [0, 0.1) is 5.92 Å². The van der Waals surface area contributed by atoms with Crippen LogP contribution in [0.4, 0.5) is 11.4 Å². The van der Waals surface area contributed by atoms with E-state index in [1.165, 1.54) is 13.4 Å². The highest BCUT2D eigenvalue weighted by Crippen LogP contribution is 2.34. The Labute approximate surface area is 212 Å². The molecule has 2 N–H and O–H groups in total. The Hall–Kier alpha value is -3.33. The molecule has 4 heterocycles. The first kappa shape index (κ1) is 25.8. The van der Waals surface area contributed by atoms with E-state index in [-0.39, 0.29) is 11.5 Å². The maximum Gasteiger partial charge on any atom is 0.356 e. The number of pyridine rings is 1. The monoisotopic (exact) mass is 495 g/mol. The van der Waals surface area contributed by atoms with Gasteiger partial charge in [0.05, 0.1) is 30.9 Å². The van der Waals surface area contributed by atoms with E-state index >= 15 is 0 Å². The van der Waals surface area contributed by atoms with E-state index < -0.39 is 11.9 Å². The smallest absolute Gasteiger partial charge is 0.356 e. The molecular formula is C27H37N5O4. The summed E-state index contributed by atoms with van der Waals surface area (Å²) in [4.78, 5) is 33.1. The number of aryl methyl sites for hydroxylation is 1. The SMILES string of the molecule is COC(=O)c1c(NC(=O)c2ccco2)c2cc(NC3CCN(C(C)C)CC3)cnc2n1CCC(C)C. The van der Waals surface area contributed by atoms with E-state index in [0.29, 0.717) is 41.3 Å². The number of hydrogen-bond donors (Lipinski definition) is 2.